The SMILES string of the molecule is CCCn1cnnc1C(C)NC(=O)Cc1cc(=O)[nH][nH]c1=O. The molecule has 2 heterocycles. The third kappa shape index (κ3) is 3.68. The predicted molar refractivity (Wildman–Crippen MR) is 78.3 cm³/mol. The van der Waals surface area contributed by atoms with Gasteiger partial charge in [0.1, 0.15) is 6.33 Å². The molecule has 1 atom stereocenters. The molecule has 1 amide bonds. The van der Waals surface area contributed by atoms with E-state index in [1.165, 1.54) is 0 Å². The van der Waals surface area contributed by atoms with Crippen LogP contribution in [0.4, 0.5) is 0 Å². The average Bonchev–Trinajstić information content (AvgIpc) is 2.91. The fourth-order valence-electron chi connectivity index (χ4n) is 2.13. The number of aromatic amines is 2. The third-order valence-corrected chi connectivity index (χ3v) is 3.12. The summed E-state index contributed by atoms with van der Waals surface area (Å²) in [7, 11) is 0. The van der Waals surface area contributed by atoms with Crippen LogP contribution in [0.5, 0.6) is 0 Å². The van der Waals surface area contributed by atoms with E-state index in [0.717, 1.165) is 19.0 Å². The van der Waals surface area contributed by atoms with Crippen LogP contribution in [0.1, 0.15) is 37.7 Å². The van der Waals surface area contributed by atoms with Gasteiger partial charge in [0, 0.05) is 18.2 Å². The molecule has 0 aliphatic rings. The van der Waals surface area contributed by atoms with Gasteiger partial charge in [-0.1, -0.05) is 6.92 Å². The molecule has 0 aromatic carbocycles. The van der Waals surface area contributed by atoms with E-state index in [2.05, 4.69) is 25.7 Å². The number of nitrogens with one attached hydrogen (secondary N) is 3. The Bertz CT molecular complexity index is 759. The van der Waals surface area contributed by atoms with Gasteiger partial charge in [0.25, 0.3) is 11.1 Å². The summed E-state index contributed by atoms with van der Waals surface area (Å²) in [6, 6.07) is 0.769. The zero-order valence-corrected chi connectivity index (χ0v) is 12.4. The van der Waals surface area contributed by atoms with Crippen LogP contribution in [0.25, 0.3) is 0 Å². The molecule has 9 heteroatoms. The number of carbonyl (C=O) groups excluding carboxylic acids is 1. The number of hydrogen-bond donors (Lipinski definition) is 3. The first-order chi connectivity index (χ1) is 10.5. The second kappa shape index (κ2) is 6.83. The number of rotatable bonds is 6. The van der Waals surface area contributed by atoms with E-state index in [9.17, 15) is 14.4 Å². The number of H-pyrrole nitrogens is 2. The van der Waals surface area contributed by atoms with Crippen molar-refractivity contribution in [1.29, 1.82) is 0 Å². The first-order valence-corrected chi connectivity index (χ1v) is 6.99. The Hall–Kier alpha value is -2.71. The maximum absolute atomic E-state index is 12.0. The van der Waals surface area contributed by atoms with Crippen molar-refractivity contribution < 1.29 is 4.79 Å². The molecule has 0 saturated carbocycles. The molecule has 0 aliphatic heterocycles. The number of nitrogens with zero attached hydrogens (tertiary/aromatic N) is 3. The van der Waals surface area contributed by atoms with Crippen LogP contribution in [-0.4, -0.2) is 30.9 Å². The van der Waals surface area contributed by atoms with Crippen molar-refractivity contribution in [3.63, 3.8) is 0 Å². The van der Waals surface area contributed by atoms with Crippen LogP contribution >= 0.6 is 0 Å². The highest BCUT2D eigenvalue weighted by atomic mass is 16.2. The maximum Gasteiger partial charge on any atom is 0.266 e. The van der Waals surface area contributed by atoms with Gasteiger partial charge in [0.2, 0.25) is 5.91 Å². The monoisotopic (exact) mass is 306 g/mol. The summed E-state index contributed by atoms with van der Waals surface area (Å²) in [5.74, 6) is 0.282. The minimum Gasteiger partial charge on any atom is -0.346 e. The molecule has 1 unspecified atom stereocenters. The van der Waals surface area contributed by atoms with Crippen molar-refractivity contribution in [2.45, 2.75) is 39.3 Å². The van der Waals surface area contributed by atoms with Gasteiger partial charge in [-0.3, -0.25) is 24.6 Å². The minimum atomic E-state index is -0.489. The summed E-state index contributed by atoms with van der Waals surface area (Å²) in [5, 5.41) is 14.9. The van der Waals surface area contributed by atoms with Crippen molar-refractivity contribution in [2.75, 3.05) is 0 Å². The van der Waals surface area contributed by atoms with Gasteiger partial charge in [-0.25, -0.2) is 0 Å². The van der Waals surface area contributed by atoms with Gasteiger partial charge in [-0.2, -0.15) is 0 Å². The van der Waals surface area contributed by atoms with Crippen LogP contribution in [0.2, 0.25) is 0 Å². The van der Waals surface area contributed by atoms with E-state index >= 15 is 0 Å². The Balaban J connectivity index is 2.05. The molecule has 118 valence electrons. The number of amides is 1. The lowest BCUT2D eigenvalue weighted by Crippen LogP contribution is -2.32. The zero-order chi connectivity index (χ0) is 16.1. The Morgan fingerprint density at radius 3 is 2.91 bits per heavy atom. The maximum atomic E-state index is 12.0. The molecule has 0 aliphatic carbocycles. The lowest BCUT2D eigenvalue weighted by Gasteiger charge is -2.14. The molecule has 0 bridgehead atoms. The number of aromatic nitrogens is 5. The largest absolute Gasteiger partial charge is 0.346 e. The van der Waals surface area contributed by atoms with Crippen molar-refractivity contribution in [3.05, 3.63) is 44.5 Å². The van der Waals surface area contributed by atoms with Crippen LogP contribution in [0.3, 0.4) is 0 Å². The quantitative estimate of drug-likeness (QED) is 0.662. The molecule has 0 spiro atoms. The lowest BCUT2D eigenvalue weighted by molar-refractivity contribution is -0.121. The Morgan fingerprint density at radius 1 is 1.41 bits per heavy atom. The molecular formula is C13H18N6O3. The predicted octanol–water partition coefficient (Wildman–Crippen LogP) is -0.515. The Morgan fingerprint density at radius 2 is 2.18 bits per heavy atom. The second-order valence-electron chi connectivity index (χ2n) is 4.96. The fourth-order valence-corrected chi connectivity index (χ4v) is 2.13. The van der Waals surface area contributed by atoms with Gasteiger partial charge >= 0.3 is 0 Å². The molecule has 0 radical (unpaired) electrons. The first-order valence-electron chi connectivity index (χ1n) is 6.99. The molecule has 2 rings (SSSR count). The summed E-state index contributed by atoms with van der Waals surface area (Å²) in [5.41, 5.74) is -0.835. The molecule has 0 saturated heterocycles. The van der Waals surface area contributed by atoms with Crippen molar-refractivity contribution in [1.82, 2.24) is 30.3 Å². The van der Waals surface area contributed by atoms with Crippen molar-refractivity contribution in [3.8, 4) is 0 Å². The van der Waals surface area contributed by atoms with E-state index in [0.29, 0.717) is 5.82 Å². The van der Waals surface area contributed by atoms with Crippen LogP contribution in [0.15, 0.2) is 22.0 Å². The van der Waals surface area contributed by atoms with E-state index in [4.69, 9.17) is 0 Å². The Labute approximate surface area is 125 Å². The van der Waals surface area contributed by atoms with Gasteiger partial charge in [-0.05, 0) is 13.3 Å². The Kier molecular flexibility index (Phi) is 4.87. The van der Waals surface area contributed by atoms with Gasteiger partial charge in [0.05, 0.1) is 12.5 Å². The topological polar surface area (TPSA) is 126 Å². The van der Waals surface area contributed by atoms with E-state index in [-0.39, 0.29) is 23.9 Å². The molecule has 2 aromatic rings. The second-order valence-corrected chi connectivity index (χ2v) is 4.96. The van der Waals surface area contributed by atoms with E-state index in [1.54, 1.807) is 13.3 Å². The third-order valence-electron chi connectivity index (χ3n) is 3.12. The standard InChI is InChI=1S/C13H18N6O3/c1-3-4-19-7-14-17-12(19)8(2)15-10(20)5-9-6-11(21)16-18-13(9)22/h6-8H,3-5H2,1-2H3,(H,15,20)(H,16,21)(H,18,22). The number of hydrogen-bond acceptors (Lipinski definition) is 5. The van der Waals surface area contributed by atoms with Gasteiger partial charge in [0.15, 0.2) is 5.82 Å². The highest BCUT2D eigenvalue weighted by Crippen LogP contribution is 2.09. The normalized spacial score (nSPS) is 12.1. The zero-order valence-electron chi connectivity index (χ0n) is 12.4. The smallest absolute Gasteiger partial charge is 0.266 e. The van der Waals surface area contributed by atoms with E-state index in [1.807, 2.05) is 11.5 Å². The molecule has 2 aromatic heterocycles. The van der Waals surface area contributed by atoms with Crippen molar-refractivity contribution in [2.24, 2.45) is 0 Å². The lowest BCUT2D eigenvalue weighted by atomic mass is 10.2. The van der Waals surface area contributed by atoms with Crippen LogP contribution in [0, 0.1) is 0 Å². The van der Waals surface area contributed by atoms with Crippen molar-refractivity contribution >= 4 is 5.91 Å². The summed E-state index contributed by atoms with van der Waals surface area (Å²) in [4.78, 5) is 34.7. The van der Waals surface area contributed by atoms with Gasteiger partial charge < -0.3 is 9.88 Å². The average molecular weight is 306 g/mol. The number of aryl methyl sites for hydroxylation is 1. The molecular weight excluding hydrogens is 288 g/mol. The summed E-state index contributed by atoms with van der Waals surface area (Å²) in [6.45, 7) is 4.58. The summed E-state index contributed by atoms with van der Waals surface area (Å²) >= 11 is 0. The fraction of sp³-hybridized carbons (Fsp3) is 0.462. The summed E-state index contributed by atoms with van der Waals surface area (Å²) < 4.78 is 1.87. The highest BCUT2D eigenvalue weighted by Gasteiger charge is 2.16. The van der Waals surface area contributed by atoms with Gasteiger partial charge in [-0.15, -0.1) is 10.2 Å². The number of carbonyl (C=O) groups is 1. The van der Waals surface area contributed by atoms with Crippen LogP contribution < -0.4 is 16.4 Å². The molecule has 22 heavy (non-hydrogen) atoms. The minimum absolute atomic E-state index is 0.114. The highest BCUT2D eigenvalue weighted by molar-refractivity contribution is 5.78. The molecule has 0 fully saturated rings. The summed E-state index contributed by atoms with van der Waals surface area (Å²) in [6.07, 6.45) is 2.36. The first kappa shape index (κ1) is 15.7. The van der Waals surface area contributed by atoms with E-state index < -0.39 is 11.1 Å². The molecule has 9 nitrogen and oxygen atoms in total. The van der Waals surface area contributed by atoms with Crippen LogP contribution in [-0.2, 0) is 17.8 Å². The molecule has 3 N–H and O–H groups in total.